The number of rotatable bonds is 5. The zero-order valence-electron chi connectivity index (χ0n) is 16.3. The molecule has 0 bridgehead atoms. The van der Waals surface area contributed by atoms with Crippen molar-refractivity contribution in [3.8, 4) is 0 Å². The summed E-state index contributed by atoms with van der Waals surface area (Å²) >= 11 is 0. The predicted molar refractivity (Wildman–Crippen MR) is 112 cm³/mol. The molecule has 0 saturated carbocycles. The Morgan fingerprint density at radius 2 is 1.40 bits per heavy atom. The third-order valence-corrected chi connectivity index (χ3v) is 6.21. The van der Waals surface area contributed by atoms with Crippen molar-refractivity contribution in [3.63, 3.8) is 0 Å². The van der Waals surface area contributed by atoms with Gasteiger partial charge in [-0.2, -0.15) is 0 Å². The molecule has 1 amide bonds. The number of benzene rings is 3. The molecule has 0 spiro atoms. The Labute approximate surface area is 174 Å². The van der Waals surface area contributed by atoms with E-state index in [1.54, 1.807) is 32.3 Å². The summed E-state index contributed by atoms with van der Waals surface area (Å²) in [4.78, 5) is 13.5. The van der Waals surface area contributed by atoms with Crippen LogP contribution in [-0.2, 0) is 9.84 Å². The number of nitrogens with zero attached hydrogens (tertiary/aromatic N) is 1. The van der Waals surface area contributed by atoms with Crippen LogP contribution in [0.2, 0.25) is 0 Å². The van der Waals surface area contributed by atoms with Gasteiger partial charge in [0.2, 0.25) is 9.84 Å². The fourth-order valence-corrected chi connectivity index (χ4v) is 4.01. The van der Waals surface area contributed by atoms with E-state index >= 15 is 0 Å². The molecule has 0 radical (unpaired) electrons. The highest BCUT2D eigenvalue weighted by Crippen LogP contribution is 2.23. The zero-order chi connectivity index (χ0) is 21.9. The number of halogens is 2. The van der Waals surface area contributed by atoms with Crippen LogP contribution in [0.1, 0.15) is 21.5 Å². The molecule has 0 aromatic heterocycles. The van der Waals surface area contributed by atoms with Crippen molar-refractivity contribution in [1.29, 1.82) is 0 Å². The Bertz CT molecular complexity index is 1200. The minimum atomic E-state index is -3.75. The van der Waals surface area contributed by atoms with Crippen molar-refractivity contribution in [1.82, 2.24) is 4.90 Å². The fraction of sp³-hybridized carbons (Fsp3) is 0.0870. The summed E-state index contributed by atoms with van der Waals surface area (Å²) in [5.41, 5.74) is 1.28. The van der Waals surface area contributed by atoms with E-state index in [9.17, 15) is 22.0 Å². The molecule has 0 unspecified atom stereocenters. The third kappa shape index (κ3) is 4.63. The summed E-state index contributed by atoms with van der Waals surface area (Å²) in [6.07, 6.45) is 3.09. The first kappa shape index (κ1) is 21.4. The average molecular weight is 427 g/mol. The number of amides is 1. The van der Waals surface area contributed by atoms with Crippen molar-refractivity contribution in [3.05, 3.63) is 95.1 Å². The van der Waals surface area contributed by atoms with E-state index < -0.39 is 21.5 Å². The second-order valence-corrected chi connectivity index (χ2v) is 8.75. The Morgan fingerprint density at radius 3 is 1.93 bits per heavy atom. The molecule has 0 heterocycles. The summed E-state index contributed by atoms with van der Waals surface area (Å²) in [5.74, 6) is -1.55. The van der Waals surface area contributed by atoms with E-state index in [1.807, 2.05) is 0 Å². The quantitative estimate of drug-likeness (QED) is 0.556. The van der Waals surface area contributed by atoms with Gasteiger partial charge >= 0.3 is 0 Å². The van der Waals surface area contributed by atoms with Crippen LogP contribution in [0.3, 0.4) is 0 Å². The van der Waals surface area contributed by atoms with Gasteiger partial charge in [-0.05, 0) is 54.1 Å². The molecule has 0 aliphatic carbocycles. The largest absolute Gasteiger partial charge is 0.345 e. The van der Waals surface area contributed by atoms with Gasteiger partial charge in [-0.1, -0.05) is 24.3 Å². The van der Waals surface area contributed by atoms with E-state index in [0.717, 1.165) is 12.1 Å². The minimum Gasteiger partial charge on any atom is -0.345 e. The molecule has 0 N–H and O–H groups in total. The number of hydrogen-bond acceptors (Lipinski definition) is 3. The molecule has 3 aromatic rings. The summed E-state index contributed by atoms with van der Waals surface area (Å²) in [7, 11) is -0.511. The molecule has 4 nitrogen and oxygen atoms in total. The molecule has 7 heteroatoms. The van der Waals surface area contributed by atoms with Crippen LogP contribution in [-0.4, -0.2) is 33.3 Å². The van der Waals surface area contributed by atoms with Gasteiger partial charge in [0, 0.05) is 31.3 Å². The van der Waals surface area contributed by atoms with Gasteiger partial charge in [-0.25, -0.2) is 17.2 Å². The van der Waals surface area contributed by atoms with Crippen LogP contribution < -0.4 is 0 Å². The van der Waals surface area contributed by atoms with E-state index in [0.29, 0.717) is 11.1 Å². The second-order valence-electron chi connectivity index (χ2n) is 6.80. The van der Waals surface area contributed by atoms with Gasteiger partial charge in [-0.15, -0.1) is 0 Å². The molecule has 3 aromatic carbocycles. The van der Waals surface area contributed by atoms with Gasteiger partial charge in [0.1, 0.15) is 11.6 Å². The summed E-state index contributed by atoms with van der Waals surface area (Å²) in [6.45, 7) is 0. The fourth-order valence-electron chi connectivity index (χ4n) is 2.75. The standard InChI is InChI=1S/C23H19F2NO3S/c1-26(2)23(27)18-8-13-21(14-9-18)30(28,29)20-11-4-16(5-12-20)3-6-17-7-10-19(24)15-22(17)25/h3-15H,1-2H3. The molecular weight excluding hydrogens is 408 g/mol. The second kappa shape index (κ2) is 8.59. The lowest BCUT2D eigenvalue weighted by molar-refractivity contribution is 0.0827. The number of sulfone groups is 1. The Morgan fingerprint density at radius 1 is 0.833 bits per heavy atom. The predicted octanol–water partition coefficient (Wildman–Crippen LogP) is 4.67. The topological polar surface area (TPSA) is 54.5 Å². The lowest BCUT2D eigenvalue weighted by Crippen LogP contribution is -2.21. The SMILES string of the molecule is CN(C)C(=O)c1ccc(S(=O)(=O)c2ccc(C=Cc3ccc(F)cc3F)cc2)cc1. The third-order valence-electron chi connectivity index (χ3n) is 4.43. The van der Waals surface area contributed by atoms with E-state index in [-0.39, 0.29) is 21.3 Å². The van der Waals surface area contributed by atoms with Crippen molar-refractivity contribution in [2.45, 2.75) is 9.79 Å². The highest BCUT2D eigenvalue weighted by atomic mass is 32.2. The Balaban J connectivity index is 1.81. The lowest BCUT2D eigenvalue weighted by Gasteiger charge is -2.11. The first-order valence-electron chi connectivity index (χ1n) is 8.98. The highest BCUT2D eigenvalue weighted by Gasteiger charge is 2.18. The maximum Gasteiger partial charge on any atom is 0.253 e. The van der Waals surface area contributed by atoms with Crippen molar-refractivity contribution < 1.29 is 22.0 Å². The molecule has 0 aliphatic heterocycles. The Hall–Kier alpha value is -3.32. The molecule has 30 heavy (non-hydrogen) atoms. The molecule has 0 aliphatic rings. The highest BCUT2D eigenvalue weighted by molar-refractivity contribution is 7.91. The summed E-state index contributed by atoms with van der Waals surface area (Å²) in [5, 5.41) is 0. The van der Waals surface area contributed by atoms with Crippen LogP contribution in [0, 0.1) is 11.6 Å². The maximum atomic E-state index is 13.7. The van der Waals surface area contributed by atoms with Gasteiger partial charge in [-0.3, -0.25) is 4.79 Å². The number of carbonyl (C=O) groups is 1. The summed E-state index contributed by atoms with van der Waals surface area (Å²) < 4.78 is 52.3. The lowest BCUT2D eigenvalue weighted by atomic mass is 10.1. The molecule has 0 fully saturated rings. The monoisotopic (exact) mass is 427 g/mol. The first-order chi connectivity index (χ1) is 14.2. The van der Waals surface area contributed by atoms with E-state index in [2.05, 4.69) is 0 Å². The van der Waals surface area contributed by atoms with Crippen LogP contribution in [0.5, 0.6) is 0 Å². The van der Waals surface area contributed by atoms with Crippen LogP contribution >= 0.6 is 0 Å². The molecule has 3 rings (SSSR count). The smallest absolute Gasteiger partial charge is 0.253 e. The maximum absolute atomic E-state index is 13.7. The van der Waals surface area contributed by atoms with Crippen molar-refractivity contribution in [2.75, 3.05) is 14.1 Å². The van der Waals surface area contributed by atoms with E-state index in [1.165, 1.54) is 53.4 Å². The molecule has 0 saturated heterocycles. The van der Waals surface area contributed by atoms with E-state index in [4.69, 9.17) is 0 Å². The zero-order valence-corrected chi connectivity index (χ0v) is 17.2. The number of carbonyl (C=O) groups excluding carboxylic acids is 1. The Kier molecular flexibility index (Phi) is 6.12. The minimum absolute atomic E-state index is 0.0782. The van der Waals surface area contributed by atoms with Crippen LogP contribution in [0.15, 0.2) is 76.5 Å². The summed E-state index contributed by atoms with van der Waals surface area (Å²) in [6, 6.07) is 15.1. The van der Waals surface area contributed by atoms with Gasteiger partial charge in [0.05, 0.1) is 9.79 Å². The van der Waals surface area contributed by atoms with Gasteiger partial charge in [0.25, 0.3) is 5.91 Å². The van der Waals surface area contributed by atoms with Crippen molar-refractivity contribution in [2.24, 2.45) is 0 Å². The van der Waals surface area contributed by atoms with Crippen molar-refractivity contribution >= 4 is 27.9 Å². The van der Waals surface area contributed by atoms with Crippen LogP contribution in [0.4, 0.5) is 8.78 Å². The molecular formula is C23H19F2NO3S. The normalized spacial score (nSPS) is 11.6. The molecule has 154 valence electrons. The van der Waals surface area contributed by atoms with Gasteiger partial charge in [0.15, 0.2) is 0 Å². The van der Waals surface area contributed by atoms with Crippen LogP contribution in [0.25, 0.3) is 12.2 Å². The van der Waals surface area contributed by atoms with Gasteiger partial charge < -0.3 is 4.90 Å². The first-order valence-corrected chi connectivity index (χ1v) is 10.5. The molecule has 0 atom stereocenters. The average Bonchev–Trinajstić information content (AvgIpc) is 2.73. The number of hydrogen-bond donors (Lipinski definition) is 0.